The van der Waals surface area contributed by atoms with Crippen molar-refractivity contribution in [3.8, 4) is 5.69 Å². The summed E-state index contributed by atoms with van der Waals surface area (Å²) in [6.07, 6.45) is 0. The third kappa shape index (κ3) is 2.63. The van der Waals surface area contributed by atoms with Crippen LogP contribution in [0, 0.1) is 6.92 Å². The summed E-state index contributed by atoms with van der Waals surface area (Å²) >= 11 is 0. The summed E-state index contributed by atoms with van der Waals surface area (Å²) in [6, 6.07) is 35.3. The third-order valence-corrected chi connectivity index (χ3v) is 5.82. The fourth-order valence-electron chi connectivity index (χ4n) is 4.56. The lowest BCUT2D eigenvalue weighted by Gasteiger charge is -2.14. The lowest BCUT2D eigenvalue weighted by atomic mass is 10.00. The highest BCUT2D eigenvalue weighted by Crippen LogP contribution is 2.37. The van der Waals surface area contributed by atoms with E-state index in [1.807, 2.05) is 0 Å². The number of para-hydroxylation sites is 1. The predicted molar refractivity (Wildman–Crippen MR) is 132 cm³/mol. The van der Waals surface area contributed by atoms with Crippen molar-refractivity contribution in [2.45, 2.75) is 6.92 Å². The number of rotatable bonds is 1. The van der Waals surface area contributed by atoms with Crippen LogP contribution in [0.1, 0.15) is 5.56 Å². The average molecular weight is 386 g/mol. The molecule has 0 aliphatic rings. The van der Waals surface area contributed by atoms with Gasteiger partial charge in [-0.2, -0.15) is 0 Å². The van der Waals surface area contributed by atoms with Crippen molar-refractivity contribution in [3.63, 3.8) is 0 Å². The molecule has 5 aromatic carbocycles. The van der Waals surface area contributed by atoms with Crippen LogP contribution >= 0.6 is 0 Å². The highest BCUT2D eigenvalue weighted by molar-refractivity contribution is 6.15. The molecule has 0 amide bonds. The molecule has 0 saturated carbocycles. The molecule has 6 rings (SSSR count). The number of aromatic nitrogens is 1. The highest BCUT2D eigenvalue weighted by Gasteiger charge is 2.15. The quantitative estimate of drug-likeness (QED) is 0.198. The van der Waals surface area contributed by atoms with Gasteiger partial charge in [-0.3, -0.25) is 0 Å². The van der Waals surface area contributed by atoms with Gasteiger partial charge >= 0.3 is 0 Å². The Morgan fingerprint density at radius 1 is 0.533 bits per heavy atom. The van der Waals surface area contributed by atoms with Gasteiger partial charge in [-0.25, -0.2) is 0 Å². The molecular weight excluding hydrogens is 362 g/mol. The smallest absolute Gasteiger partial charge is 0.0546 e. The number of nitrogens with zero attached hydrogens (tertiary/aromatic N) is 1. The summed E-state index contributed by atoms with van der Waals surface area (Å²) in [5.74, 6) is 0. The fourth-order valence-corrected chi connectivity index (χ4v) is 4.56. The molecule has 0 aliphatic heterocycles. The molecule has 0 unspecified atom stereocenters. The molecule has 0 N–H and O–H groups in total. The van der Waals surface area contributed by atoms with Crippen LogP contribution in [0.2, 0.25) is 0 Å². The Morgan fingerprint density at radius 2 is 1.13 bits per heavy atom. The Bertz CT molecular complexity index is 1530. The first-order valence-corrected chi connectivity index (χ1v) is 10.2. The van der Waals surface area contributed by atoms with Crippen molar-refractivity contribution in [1.82, 2.24) is 4.57 Å². The van der Waals surface area contributed by atoms with E-state index in [4.69, 9.17) is 0 Å². The zero-order chi connectivity index (χ0) is 20.7. The van der Waals surface area contributed by atoms with E-state index < -0.39 is 0 Å². The van der Waals surface area contributed by atoms with Gasteiger partial charge in [-0.05, 0) is 46.8 Å². The van der Waals surface area contributed by atoms with Gasteiger partial charge in [0.25, 0.3) is 0 Å². The number of hydrogen-bond acceptors (Lipinski definition) is 0. The molecule has 0 bridgehead atoms. The lowest BCUT2D eigenvalue weighted by Crippen LogP contribution is -1.96. The minimum atomic E-state index is 1.24. The van der Waals surface area contributed by atoms with Crippen LogP contribution in [0.25, 0.3) is 49.0 Å². The van der Waals surface area contributed by atoms with Crippen LogP contribution in [0.4, 0.5) is 0 Å². The first-order chi connectivity index (χ1) is 14.8. The van der Waals surface area contributed by atoms with Gasteiger partial charge < -0.3 is 4.57 Å². The van der Waals surface area contributed by atoms with Crippen molar-refractivity contribution in [2.75, 3.05) is 0 Å². The molecule has 0 radical (unpaired) electrons. The van der Waals surface area contributed by atoms with Crippen LogP contribution in [0.3, 0.4) is 0 Å². The summed E-state index contributed by atoms with van der Waals surface area (Å²) in [5, 5.41) is 7.77. The van der Waals surface area contributed by atoms with E-state index in [0.717, 1.165) is 0 Å². The normalized spacial score (nSPS) is 11.1. The Morgan fingerprint density at radius 3 is 1.93 bits per heavy atom. The Hall–Kier alpha value is -3.84. The van der Waals surface area contributed by atoms with E-state index in [1.165, 1.54) is 54.6 Å². The SMILES string of the molecule is C=C.Cc1ccc2c3ccccc3n(-c3cc4ccccc4c4ccccc34)c2c1. The van der Waals surface area contributed by atoms with Crippen molar-refractivity contribution < 1.29 is 0 Å². The molecule has 0 aliphatic carbocycles. The maximum Gasteiger partial charge on any atom is 0.0546 e. The average Bonchev–Trinajstić information content (AvgIpc) is 3.13. The lowest BCUT2D eigenvalue weighted by molar-refractivity contribution is 1.20. The molecule has 0 saturated heterocycles. The fraction of sp³-hybridized carbons (Fsp3) is 0.0345. The summed E-state index contributed by atoms with van der Waals surface area (Å²) < 4.78 is 2.44. The van der Waals surface area contributed by atoms with Crippen LogP contribution < -0.4 is 0 Å². The number of aryl methyl sites for hydroxylation is 1. The third-order valence-electron chi connectivity index (χ3n) is 5.82. The number of fused-ring (bicyclic) bond motifs is 6. The summed E-state index contributed by atoms with van der Waals surface area (Å²) in [4.78, 5) is 0. The first-order valence-electron chi connectivity index (χ1n) is 10.2. The van der Waals surface area contributed by atoms with Crippen molar-refractivity contribution >= 4 is 43.4 Å². The molecular formula is C29H23N. The van der Waals surface area contributed by atoms with Crippen LogP contribution in [-0.4, -0.2) is 4.57 Å². The van der Waals surface area contributed by atoms with Crippen LogP contribution in [0.5, 0.6) is 0 Å². The predicted octanol–water partition coefficient (Wildman–Crippen LogP) is 8.20. The van der Waals surface area contributed by atoms with Gasteiger partial charge in [0.2, 0.25) is 0 Å². The minimum Gasteiger partial charge on any atom is -0.309 e. The number of benzene rings is 5. The van der Waals surface area contributed by atoms with Gasteiger partial charge in [-0.15, -0.1) is 13.2 Å². The topological polar surface area (TPSA) is 4.93 Å². The Kier molecular flexibility index (Phi) is 4.37. The maximum absolute atomic E-state index is 3.00. The molecule has 6 aromatic rings. The molecule has 144 valence electrons. The van der Waals surface area contributed by atoms with Crippen LogP contribution in [0.15, 0.2) is 110 Å². The van der Waals surface area contributed by atoms with E-state index in [1.54, 1.807) is 0 Å². The largest absolute Gasteiger partial charge is 0.309 e. The molecule has 1 nitrogen and oxygen atoms in total. The summed E-state index contributed by atoms with van der Waals surface area (Å²) in [7, 11) is 0. The van der Waals surface area contributed by atoms with E-state index in [-0.39, 0.29) is 0 Å². The van der Waals surface area contributed by atoms with E-state index in [2.05, 4.69) is 122 Å². The molecule has 1 heteroatoms. The van der Waals surface area contributed by atoms with Crippen molar-refractivity contribution in [1.29, 1.82) is 0 Å². The standard InChI is InChI=1S/C27H19N.C2H4/c1-18-14-15-24-23-12-6-7-13-25(23)28(26(24)16-18)27-17-19-8-2-3-9-20(19)21-10-4-5-11-22(21)27;1-2/h2-17H,1H3;1-2H2. The first kappa shape index (κ1) is 18.2. The zero-order valence-electron chi connectivity index (χ0n) is 17.1. The van der Waals surface area contributed by atoms with E-state index in [9.17, 15) is 0 Å². The van der Waals surface area contributed by atoms with Crippen LogP contribution in [-0.2, 0) is 0 Å². The molecule has 1 aromatic heterocycles. The zero-order valence-corrected chi connectivity index (χ0v) is 17.1. The molecule has 0 atom stereocenters. The summed E-state index contributed by atoms with van der Waals surface area (Å²) in [6.45, 7) is 8.17. The highest BCUT2D eigenvalue weighted by atomic mass is 15.0. The second-order valence-corrected chi connectivity index (χ2v) is 7.54. The van der Waals surface area contributed by atoms with Gasteiger partial charge in [0.1, 0.15) is 0 Å². The van der Waals surface area contributed by atoms with Gasteiger partial charge in [0.05, 0.1) is 16.7 Å². The molecule has 0 spiro atoms. The van der Waals surface area contributed by atoms with Gasteiger partial charge in [0.15, 0.2) is 0 Å². The van der Waals surface area contributed by atoms with Gasteiger partial charge in [-0.1, -0.05) is 78.9 Å². The monoisotopic (exact) mass is 385 g/mol. The minimum absolute atomic E-state index is 1.24. The van der Waals surface area contributed by atoms with Crippen molar-refractivity contribution in [2.24, 2.45) is 0 Å². The van der Waals surface area contributed by atoms with E-state index >= 15 is 0 Å². The Balaban J connectivity index is 0.000000937. The maximum atomic E-state index is 3.00. The van der Waals surface area contributed by atoms with Crippen molar-refractivity contribution in [3.05, 3.63) is 116 Å². The van der Waals surface area contributed by atoms with Gasteiger partial charge in [0, 0.05) is 16.2 Å². The second kappa shape index (κ2) is 7.20. The van der Waals surface area contributed by atoms with E-state index in [0.29, 0.717) is 0 Å². The Labute approximate surface area is 176 Å². The number of hydrogen-bond donors (Lipinski definition) is 0. The molecule has 0 fully saturated rings. The molecule has 30 heavy (non-hydrogen) atoms. The second-order valence-electron chi connectivity index (χ2n) is 7.54. The summed E-state index contributed by atoms with van der Waals surface area (Å²) in [5.41, 5.74) is 5.04. The molecule has 1 heterocycles.